The van der Waals surface area contributed by atoms with Gasteiger partial charge in [0.25, 0.3) is 0 Å². The predicted molar refractivity (Wildman–Crippen MR) is 65.0 cm³/mol. The van der Waals surface area contributed by atoms with E-state index in [1.165, 1.54) is 0 Å². The lowest BCUT2D eigenvalue weighted by Crippen LogP contribution is -1.91. The first-order valence-corrected chi connectivity index (χ1v) is 4.52. The van der Waals surface area contributed by atoms with Crippen LogP contribution in [-0.2, 0) is 7.05 Å². The fourth-order valence-electron chi connectivity index (χ4n) is 1.60. The Morgan fingerprint density at radius 1 is 1.20 bits per heavy atom. The summed E-state index contributed by atoms with van der Waals surface area (Å²) < 4.78 is 2.01. The van der Waals surface area contributed by atoms with Crippen molar-refractivity contribution in [2.45, 2.75) is 6.92 Å². The van der Waals surface area contributed by atoms with E-state index in [4.69, 9.17) is 5.73 Å². The first-order valence-electron chi connectivity index (χ1n) is 4.52. The third-order valence-electron chi connectivity index (χ3n) is 2.30. The Morgan fingerprint density at radius 2 is 1.80 bits per heavy atom. The summed E-state index contributed by atoms with van der Waals surface area (Å²) in [5.41, 5.74) is 9.75. The fourth-order valence-corrected chi connectivity index (χ4v) is 1.60. The number of aryl methyl sites for hydroxylation is 2. The molecule has 0 aliphatic rings. The molecule has 2 N–H and O–H groups in total. The minimum absolute atomic E-state index is 0. The number of nitrogen functional groups attached to an aromatic ring is 1. The molecule has 0 amide bonds. The summed E-state index contributed by atoms with van der Waals surface area (Å²) in [6, 6.07) is 7.84. The van der Waals surface area contributed by atoms with Crippen LogP contribution in [0.2, 0.25) is 0 Å². The van der Waals surface area contributed by atoms with Crippen molar-refractivity contribution in [1.29, 1.82) is 0 Å². The molecular weight excluding hydrogens is 210 g/mol. The summed E-state index contributed by atoms with van der Waals surface area (Å²) in [5.74, 6) is 0. The van der Waals surface area contributed by atoms with E-state index >= 15 is 0 Å². The number of imidazole rings is 1. The Kier molecular flexibility index (Phi) is 3.37. The lowest BCUT2D eigenvalue weighted by Gasteiger charge is -2.04. The van der Waals surface area contributed by atoms with Crippen LogP contribution in [-0.4, -0.2) is 9.55 Å². The van der Waals surface area contributed by atoms with E-state index in [2.05, 4.69) is 4.98 Å². The molecule has 2 rings (SSSR count). The van der Waals surface area contributed by atoms with E-state index in [-0.39, 0.29) is 12.4 Å². The molecule has 1 aromatic heterocycles. The Hall–Kier alpha value is -1.48. The van der Waals surface area contributed by atoms with Crippen molar-refractivity contribution in [2.75, 3.05) is 5.73 Å². The molecule has 0 saturated carbocycles. The standard InChI is InChI=1S/C11H13N3.ClH/c1-8-11(14(2)7-13-8)9-3-5-10(12)6-4-9;/h3-7H,12H2,1-2H3;1H. The number of hydrogen-bond donors (Lipinski definition) is 1. The highest BCUT2D eigenvalue weighted by atomic mass is 35.5. The van der Waals surface area contributed by atoms with E-state index in [1.807, 2.05) is 49.1 Å². The van der Waals surface area contributed by atoms with Crippen LogP contribution >= 0.6 is 12.4 Å². The van der Waals surface area contributed by atoms with Gasteiger partial charge in [0, 0.05) is 18.3 Å². The zero-order valence-corrected chi connectivity index (χ0v) is 9.58. The summed E-state index contributed by atoms with van der Waals surface area (Å²) in [6.07, 6.45) is 1.82. The second-order valence-corrected chi connectivity index (χ2v) is 3.41. The number of aromatic nitrogens is 2. The van der Waals surface area contributed by atoms with Gasteiger partial charge in [0.05, 0.1) is 17.7 Å². The summed E-state index contributed by atoms with van der Waals surface area (Å²) in [6.45, 7) is 2.01. The number of hydrogen-bond acceptors (Lipinski definition) is 2. The Balaban J connectivity index is 0.00000112. The number of anilines is 1. The van der Waals surface area contributed by atoms with Crippen LogP contribution in [0.3, 0.4) is 0 Å². The van der Waals surface area contributed by atoms with Gasteiger partial charge in [0.2, 0.25) is 0 Å². The fraction of sp³-hybridized carbons (Fsp3) is 0.182. The first kappa shape index (κ1) is 11.6. The number of halogens is 1. The van der Waals surface area contributed by atoms with Gasteiger partial charge >= 0.3 is 0 Å². The number of nitrogens with zero attached hydrogens (tertiary/aromatic N) is 2. The molecule has 15 heavy (non-hydrogen) atoms. The molecule has 0 unspecified atom stereocenters. The van der Waals surface area contributed by atoms with Gasteiger partial charge in [0.15, 0.2) is 0 Å². The Labute approximate surface area is 95.4 Å². The van der Waals surface area contributed by atoms with E-state index in [0.29, 0.717) is 0 Å². The molecule has 1 aromatic carbocycles. The highest BCUT2D eigenvalue weighted by molar-refractivity contribution is 5.85. The van der Waals surface area contributed by atoms with Gasteiger partial charge in [-0.25, -0.2) is 4.98 Å². The van der Waals surface area contributed by atoms with E-state index in [9.17, 15) is 0 Å². The van der Waals surface area contributed by atoms with Crippen LogP contribution < -0.4 is 5.73 Å². The summed E-state index contributed by atoms with van der Waals surface area (Å²) >= 11 is 0. The second kappa shape index (κ2) is 4.36. The average molecular weight is 224 g/mol. The maximum Gasteiger partial charge on any atom is 0.0951 e. The van der Waals surface area contributed by atoms with E-state index < -0.39 is 0 Å². The molecule has 0 spiro atoms. The van der Waals surface area contributed by atoms with Gasteiger partial charge in [-0.05, 0) is 19.1 Å². The highest BCUT2D eigenvalue weighted by Gasteiger charge is 2.06. The molecule has 3 nitrogen and oxygen atoms in total. The molecule has 0 bridgehead atoms. The molecule has 0 aliphatic heterocycles. The van der Waals surface area contributed by atoms with Gasteiger partial charge in [-0.15, -0.1) is 12.4 Å². The largest absolute Gasteiger partial charge is 0.399 e. The van der Waals surface area contributed by atoms with Crippen molar-refractivity contribution in [3.63, 3.8) is 0 Å². The zero-order chi connectivity index (χ0) is 10.1. The average Bonchev–Trinajstić information content (AvgIpc) is 2.49. The summed E-state index contributed by atoms with van der Waals surface area (Å²) in [4.78, 5) is 4.25. The quantitative estimate of drug-likeness (QED) is 0.755. The third kappa shape index (κ3) is 2.13. The van der Waals surface area contributed by atoms with Crippen LogP contribution in [0.5, 0.6) is 0 Å². The number of nitrogens with two attached hydrogens (primary N) is 1. The van der Waals surface area contributed by atoms with Gasteiger partial charge < -0.3 is 10.3 Å². The normalized spacial score (nSPS) is 9.73. The monoisotopic (exact) mass is 223 g/mol. The molecule has 80 valence electrons. The minimum Gasteiger partial charge on any atom is -0.399 e. The van der Waals surface area contributed by atoms with Crippen molar-refractivity contribution in [2.24, 2.45) is 7.05 Å². The van der Waals surface area contributed by atoms with Crippen molar-refractivity contribution < 1.29 is 0 Å². The lowest BCUT2D eigenvalue weighted by molar-refractivity contribution is 0.921. The molecule has 0 fully saturated rings. The summed E-state index contributed by atoms with van der Waals surface area (Å²) in [7, 11) is 1.99. The lowest BCUT2D eigenvalue weighted by atomic mass is 10.1. The molecule has 0 radical (unpaired) electrons. The molecule has 0 atom stereocenters. The third-order valence-corrected chi connectivity index (χ3v) is 2.30. The Morgan fingerprint density at radius 3 is 2.27 bits per heavy atom. The molecule has 0 aliphatic carbocycles. The SMILES string of the molecule is Cc1ncn(C)c1-c1ccc(N)cc1.Cl. The predicted octanol–water partition coefficient (Wildman–Crippen LogP) is 2.40. The van der Waals surface area contributed by atoms with Crippen molar-refractivity contribution in [1.82, 2.24) is 9.55 Å². The maximum atomic E-state index is 5.63. The van der Waals surface area contributed by atoms with Gasteiger partial charge in [-0.3, -0.25) is 0 Å². The molecule has 0 saturated heterocycles. The van der Waals surface area contributed by atoms with Crippen LogP contribution in [0.25, 0.3) is 11.3 Å². The van der Waals surface area contributed by atoms with Crippen LogP contribution in [0.1, 0.15) is 5.69 Å². The molecule has 4 heteroatoms. The molecular formula is C11H14ClN3. The van der Waals surface area contributed by atoms with Crippen LogP contribution in [0.4, 0.5) is 5.69 Å². The van der Waals surface area contributed by atoms with Gasteiger partial charge in [0.1, 0.15) is 0 Å². The van der Waals surface area contributed by atoms with E-state index in [1.54, 1.807) is 0 Å². The maximum absolute atomic E-state index is 5.63. The topological polar surface area (TPSA) is 43.8 Å². The van der Waals surface area contributed by atoms with Gasteiger partial charge in [-0.1, -0.05) is 12.1 Å². The molecule has 1 heterocycles. The minimum atomic E-state index is 0. The van der Waals surface area contributed by atoms with Crippen molar-refractivity contribution >= 4 is 18.1 Å². The second-order valence-electron chi connectivity index (χ2n) is 3.41. The Bertz CT molecular complexity index is 426. The molecule has 2 aromatic rings. The summed E-state index contributed by atoms with van der Waals surface area (Å²) in [5, 5.41) is 0. The van der Waals surface area contributed by atoms with Gasteiger partial charge in [-0.2, -0.15) is 0 Å². The smallest absolute Gasteiger partial charge is 0.0951 e. The highest BCUT2D eigenvalue weighted by Crippen LogP contribution is 2.22. The van der Waals surface area contributed by atoms with Crippen molar-refractivity contribution in [3.8, 4) is 11.3 Å². The number of benzene rings is 1. The van der Waals surface area contributed by atoms with Crippen LogP contribution in [0, 0.1) is 6.92 Å². The zero-order valence-electron chi connectivity index (χ0n) is 8.77. The van der Waals surface area contributed by atoms with Crippen molar-refractivity contribution in [3.05, 3.63) is 36.3 Å². The first-order chi connectivity index (χ1) is 6.68. The number of rotatable bonds is 1. The van der Waals surface area contributed by atoms with E-state index in [0.717, 1.165) is 22.6 Å². The van der Waals surface area contributed by atoms with Crippen LogP contribution in [0.15, 0.2) is 30.6 Å².